The van der Waals surface area contributed by atoms with Crippen LogP contribution in [-0.4, -0.2) is 41.8 Å². The summed E-state index contributed by atoms with van der Waals surface area (Å²) < 4.78 is 15.9. The van der Waals surface area contributed by atoms with Crippen molar-refractivity contribution in [2.24, 2.45) is 0 Å². The summed E-state index contributed by atoms with van der Waals surface area (Å²) in [6.07, 6.45) is 2.63. The molecule has 0 saturated carbocycles. The summed E-state index contributed by atoms with van der Waals surface area (Å²) in [5.74, 6) is 0.681. The number of nitrogens with one attached hydrogen (secondary N) is 1. The SMILES string of the molecule is CCc1cc(C(=O)NCC2Cc3cccc(-c4ccc(C(=O)OC)cn4)c3O2)no1. The first-order chi connectivity index (χ1) is 14.6. The quantitative estimate of drug-likeness (QED) is 0.627. The number of rotatable bonds is 6. The molecule has 0 fully saturated rings. The van der Waals surface area contributed by atoms with Crippen molar-refractivity contribution in [3.05, 3.63) is 65.2 Å². The molecule has 1 unspecified atom stereocenters. The van der Waals surface area contributed by atoms with Crippen LogP contribution in [0.3, 0.4) is 0 Å². The van der Waals surface area contributed by atoms with Gasteiger partial charge in [0.15, 0.2) is 5.69 Å². The van der Waals surface area contributed by atoms with E-state index in [0.717, 1.165) is 16.9 Å². The standard InChI is InChI=1S/C22H21N3O5/c1-3-15-10-19(25-30-15)21(26)24-12-16-9-13-5-4-6-17(20(13)29-16)18-8-7-14(11-23-18)22(27)28-2/h4-8,10-11,16H,3,9,12H2,1-2H3,(H,24,26). The highest BCUT2D eigenvalue weighted by molar-refractivity contribution is 5.92. The van der Waals surface area contributed by atoms with Gasteiger partial charge in [-0.2, -0.15) is 0 Å². The van der Waals surface area contributed by atoms with Crippen LogP contribution in [-0.2, 0) is 17.6 Å². The molecule has 1 aromatic carbocycles. The van der Waals surface area contributed by atoms with E-state index < -0.39 is 5.97 Å². The number of hydrogen-bond acceptors (Lipinski definition) is 7. The second-order valence-electron chi connectivity index (χ2n) is 6.90. The molecule has 2 aromatic heterocycles. The van der Waals surface area contributed by atoms with Crippen LogP contribution < -0.4 is 10.1 Å². The van der Waals surface area contributed by atoms with Crippen LogP contribution in [0.5, 0.6) is 5.75 Å². The molecule has 0 spiro atoms. The summed E-state index contributed by atoms with van der Waals surface area (Å²) in [6.45, 7) is 2.27. The Morgan fingerprint density at radius 1 is 1.27 bits per heavy atom. The van der Waals surface area contributed by atoms with Crippen molar-refractivity contribution in [3.63, 3.8) is 0 Å². The fraction of sp³-hybridized carbons (Fsp3) is 0.273. The minimum absolute atomic E-state index is 0.197. The zero-order valence-corrected chi connectivity index (χ0v) is 16.7. The van der Waals surface area contributed by atoms with Gasteiger partial charge in [-0.15, -0.1) is 0 Å². The van der Waals surface area contributed by atoms with Crippen LogP contribution in [0.25, 0.3) is 11.3 Å². The zero-order chi connectivity index (χ0) is 21.1. The van der Waals surface area contributed by atoms with Crippen LogP contribution in [0.1, 0.15) is 39.1 Å². The molecule has 0 radical (unpaired) electrons. The van der Waals surface area contributed by atoms with E-state index in [1.54, 1.807) is 18.2 Å². The summed E-state index contributed by atoms with van der Waals surface area (Å²) in [5, 5.41) is 6.63. The normalized spacial score (nSPS) is 14.7. The van der Waals surface area contributed by atoms with Crippen LogP contribution in [0, 0.1) is 0 Å². The third kappa shape index (κ3) is 3.89. The van der Waals surface area contributed by atoms with E-state index in [1.807, 2.05) is 25.1 Å². The number of ether oxygens (including phenoxy) is 2. The van der Waals surface area contributed by atoms with Crippen LogP contribution in [0.2, 0.25) is 0 Å². The average Bonchev–Trinajstić information content (AvgIpc) is 3.43. The van der Waals surface area contributed by atoms with Crippen molar-refractivity contribution >= 4 is 11.9 Å². The second kappa shape index (κ2) is 8.36. The summed E-state index contributed by atoms with van der Waals surface area (Å²) in [4.78, 5) is 28.2. The summed E-state index contributed by atoms with van der Waals surface area (Å²) in [5.41, 5.74) is 3.22. The molecule has 1 amide bonds. The first kappa shape index (κ1) is 19.6. The largest absolute Gasteiger partial charge is 0.487 e. The van der Waals surface area contributed by atoms with Gasteiger partial charge in [0.25, 0.3) is 5.91 Å². The number of hydrogen-bond donors (Lipinski definition) is 1. The average molecular weight is 407 g/mol. The molecule has 3 heterocycles. The van der Waals surface area contributed by atoms with Gasteiger partial charge in [-0.25, -0.2) is 4.79 Å². The number of esters is 1. The smallest absolute Gasteiger partial charge is 0.339 e. The van der Waals surface area contributed by atoms with Crippen molar-refractivity contribution in [3.8, 4) is 17.0 Å². The molecule has 4 rings (SSSR count). The molecule has 8 heteroatoms. The molecule has 8 nitrogen and oxygen atoms in total. The van der Waals surface area contributed by atoms with Crippen LogP contribution in [0.4, 0.5) is 0 Å². The molecule has 0 saturated heterocycles. The maximum atomic E-state index is 12.3. The predicted octanol–water partition coefficient (Wildman–Crippen LogP) is 2.82. The van der Waals surface area contributed by atoms with Crippen molar-refractivity contribution in [1.82, 2.24) is 15.5 Å². The minimum atomic E-state index is -0.433. The van der Waals surface area contributed by atoms with Crippen LogP contribution in [0.15, 0.2) is 47.1 Å². The Balaban J connectivity index is 1.44. The maximum absolute atomic E-state index is 12.3. The lowest BCUT2D eigenvalue weighted by atomic mass is 10.0. The van der Waals surface area contributed by atoms with Crippen molar-refractivity contribution in [2.45, 2.75) is 25.9 Å². The highest BCUT2D eigenvalue weighted by atomic mass is 16.5. The van der Waals surface area contributed by atoms with Crippen molar-refractivity contribution in [1.29, 1.82) is 0 Å². The van der Waals surface area contributed by atoms with Gasteiger partial charge >= 0.3 is 5.97 Å². The Hall–Kier alpha value is -3.68. The number of amides is 1. The molecular formula is C22H21N3O5. The molecule has 154 valence electrons. The van der Waals surface area contributed by atoms with E-state index in [0.29, 0.717) is 36.4 Å². The van der Waals surface area contributed by atoms with Crippen LogP contribution >= 0.6 is 0 Å². The van der Waals surface area contributed by atoms with Gasteiger partial charge in [0.05, 0.1) is 24.9 Å². The van der Waals surface area contributed by atoms with Gasteiger partial charge < -0.3 is 19.3 Å². The number of aromatic nitrogens is 2. The minimum Gasteiger partial charge on any atom is -0.487 e. The number of para-hydroxylation sites is 1. The zero-order valence-electron chi connectivity index (χ0n) is 16.7. The fourth-order valence-electron chi connectivity index (χ4n) is 3.33. The van der Waals surface area contributed by atoms with Gasteiger partial charge in [-0.3, -0.25) is 9.78 Å². The summed E-state index contributed by atoms with van der Waals surface area (Å²) in [7, 11) is 1.33. The number of carbonyl (C=O) groups excluding carboxylic acids is 2. The van der Waals surface area contributed by atoms with Gasteiger partial charge in [0.1, 0.15) is 17.6 Å². The van der Waals surface area contributed by atoms with E-state index >= 15 is 0 Å². The highest BCUT2D eigenvalue weighted by Gasteiger charge is 2.27. The van der Waals surface area contributed by atoms with E-state index in [-0.39, 0.29) is 17.7 Å². The molecule has 3 aromatic rings. The Kier molecular flexibility index (Phi) is 5.47. The lowest BCUT2D eigenvalue weighted by molar-refractivity contribution is 0.0600. The fourth-order valence-corrected chi connectivity index (χ4v) is 3.33. The Labute approximate surface area is 173 Å². The number of nitrogens with zero attached hydrogens (tertiary/aromatic N) is 2. The molecule has 0 aliphatic carbocycles. The Morgan fingerprint density at radius 3 is 2.83 bits per heavy atom. The topological polar surface area (TPSA) is 104 Å². The first-order valence-corrected chi connectivity index (χ1v) is 9.66. The molecule has 1 aliphatic rings. The number of methoxy groups -OCH3 is 1. The number of benzene rings is 1. The molecular weight excluding hydrogens is 386 g/mol. The first-order valence-electron chi connectivity index (χ1n) is 9.66. The molecule has 1 atom stereocenters. The predicted molar refractivity (Wildman–Crippen MR) is 107 cm³/mol. The molecule has 0 bridgehead atoms. The molecule has 1 aliphatic heterocycles. The Morgan fingerprint density at radius 2 is 2.13 bits per heavy atom. The van der Waals surface area contributed by atoms with E-state index in [1.165, 1.54) is 13.3 Å². The van der Waals surface area contributed by atoms with Gasteiger partial charge in [-0.1, -0.05) is 24.2 Å². The summed E-state index contributed by atoms with van der Waals surface area (Å²) >= 11 is 0. The Bertz CT molecular complexity index is 1070. The number of pyridine rings is 1. The second-order valence-corrected chi connectivity index (χ2v) is 6.90. The van der Waals surface area contributed by atoms with E-state index in [4.69, 9.17) is 14.0 Å². The van der Waals surface area contributed by atoms with Gasteiger partial charge in [-0.05, 0) is 23.8 Å². The number of fused-ring (bicyclic) bond motifs is 1. The number of carbonyl (C=O) groups is 2. The third-order valence-electron chi connectivity index (χ3n) is 4.92. The van der Waals surface area contributed by atoms with E-state index in [9.17, 15) is 9.59 Å². The van der Waals surface area contributed by atoms with Crippen molar-refractivity contribution < 1.29 is 23.6 Å². The highest BCUT2D eigenvalue weighted by Crippen LogP contribution is 2.38. The van der Waals surface area contributed by atoms with Gasteiger partial charge in [0, 0.05) is 30.7 Å². The van der Waals surface area contributed by atoms with Crippen molar-refractivity contribution in [2.75, 3.05) is 13.7 Å². The molecule has 1 N–H and O–H groups in total. The van der Waals surface area contributed by atoms with Gasteiger partial charge in [0.2, 0.25) is 0 Å². The lowest BCUT2D eigenvalue weighted by Gasteiger charge is -2.13. The van der Waals surface area contributed by atoms with E-state index in [2.05, 4.69) is 15.5 Å². The number of aryl methyl sites for hydroxylation is 1. The third-order valence-corrected chi connectivity index (χ3v) is 4.92. The monoisotopic (exact) mass is 407 g/mol. The molecule has 30 heavy (non-hydrogen) atoms. The maximum Gasteiger partial charge on any atom is 0.339 e. The lowest BCUT2D eigenvalue weighted by Crippen LogP contribution is -2.34. The summed E-state index contributed by atoms with van der Waals surface area (Å²) in [6, 6.07) is 10.9.